The van der Waals surface area contributed by atoms with Crippen molar-refractivity contribution in [1.82, 2.24) is 10.6 Å². The summed E-state index contributed by atoms with van der Waals surface area (Å²) in [7, 11) is 8.19. The standard InChI is InChI=1S/C22H29N3OS2.C22H31N3S2.4C7H8/c1-25(2)19-10-7-17(8-11-19)5-6-18-9-12-20(21(15-18)28-4)24-22(26)16-23-13-14-27-3;1-25(2)20-10-7-18(8-11-20)5-6-19-9-12-21(22(17-19)27-4)24-14-13-23-15-16-26-3;4*1-7-5-3-2-4-6-7/h5-12,15,23H,13-14,16H2,1-4H3,(H,24,26);5-12,17,23-24H,13-16H2,1-4H3;4*2-6H,1H3/b2*6-5+;;;;. The van der Waals surface area contributed by atoms with Crippen LogP contribution >= 0.6 is 47.0 Å². The Labute approximate surface area is 518 Å². The molecule has 0 radical (unpaired) electrons. The van der Waals surface area contributed by atoms with E-state index in [-0.39, 0.29) is 5.91 Å². The van der Waals surface area contributed by atoms with Gasteiger partial charge in [0.1, 0.15) is 0 Å². The number of anilines is 4. The predicted octanol–water partition coefficient (Wildman–Crippen LogP) is 17.5. The Bertz CT molecular complexity index is 2830. The van der Waals surface area contributed by atoms with E-state index in [0.717, 1.165) is 59.4 Å². The molecule has 0 unspecified atom stereocenters. The number of hydrogen-bond acceptors (Lipinski definition) is 10. The highest BCUT2D eigenvalue weighted by atomic mass is 32.2. The van der Waals surface area contributed by atoms with E-state index in [4.69, 9.17) is 0 Å². The number of amides is 1. The molecule has 8 aromatic rings. The Kier molecular flexibility index (Phi) is 37.5. The molecule has 83 heavy (non-hydrogen) atoms. The van der Waals surface area contributed by atoms with Gasteiger partial charge in [0, 0.05) is 92.7 Å². The fourth-order valence-corrected chi connectivity index (χ4v) is 9.22. The Balaban J connectivity index is 0.000000297. The molecule has 8 aromatic carbocycles. The molecule has 440 valence electrons. The van der Waals surface area contributed by atoms with Crippen molar-refractivity contribution in [2.24, 2.45) is 0 Å². The quantitative estimate of drug-likeness (QED) is 0.0318. The van der Waals surface area contributed by atoms with E-state index in [2.05, 4.69) is 237 Å². The van der Waals surface area contributed by atoms with Crippen molar-refractivity contribution in [3.63, 3.8) is 0 Å². The SMILES string of the molecule is CSCCNCC(=O)Nc1ccc(/C=C/c2ccc(N(C)C)cc2)cc1SC.CSCCNCCNc1ccc(/C=C/c2ccc(N(C)C)cc2)cc1SC.Cc1ccccc1.Cc1ccccc1.Cc1ccccc1.Cc1ccccc1. The molecule has 0 aliphatic rings. The van der Waals surface area contributed by atoms with E-state index < -0.39 is 0 Å². The first kappa shape index (κ1) is 70.7. The van der Waals surface area contributed by atoms with Crippen molar-refractivity contribution in [3.8, 4) is 0 Å². The maximum atomic E-state index is 12.1. The van der Waals surface area contributed by atoms with E-state index in [0.29, 0.717) is 6.54 Å². The van der Waals surface area contributed by atoms with Crippen molar-refractivity contribution in [3.05, 3.63) is 251 Å². The Hall–Kier alpha value is -6.57. The third-order valence-corrected chi connectivity index (χ3v) is 14.9. The van der Waals surface area contributed by atoms with Gasteiger partial charge in [-0.15, -0.1) is 23.5 Å². The number of nitrogens with one attached hydrogen (secondary N) is 4. The average molecular weight is 1190 g/mol. The minimum atomic E-state index is -0.0133. The van der Waals surface area contributed by atoms with Gasteiger partial charge in [0.2, 0.25) is 5.91 Å². The van der Waals surface area contributed by atoms with Crippen molar-refractivity contribution < 1.29 is 4.79 Å². The van der Waals surface area contributed by atoms with Gasteiger partial charge in [-0.2, -0.15) is 23.5 Å². The van der Waals surface area contributed by atoms with Crippen LogP contribution in [-0.4, -0.2) is 103 Å². The van der Waals surface area contributed by atoms with Gasteiger partial charge < -0.3 is 31.1 Å². The molecule has 0 spiro atoms. The highest BCUT2D eigenvalue weighted by Crippen LogP contribution is 2.29. The molecule has 0 aliphatic carbocycles. The first-order valence-electron chi connectivity index (χ1n) is 28.0. The maximum Gasteiger partial charge on any atom is 0.238 e. The van der Waals surface area contributed by atoms with E-state index in [1.165, 1.54) is 55.3 Å². The molecule has 0 atom stereocenters. The second kappa shape index (κ2) is 44.0. The number of rotatable bonds is 21. The zero-order valence-electron chi connectivity index (χ0n) is 51.3. The van der Waals surface area contributed by atoms with Crippen LogP contribution in [-0.2, 0) is 4.79 Å². The van der Waals surface area contributed by atoms with Crippen LogP contribution in [0.5, 0.6) is 0 Å². The van der Waals surface area contributed by atoms with Crippen LogP contribution in [0.25, 0.3) is 24.3 Å². The van der Waals surface area contributed by atoms with Crippen molar-refractivity contribution in [1.29, 1.82) is 0 Å². The summed E-state index contributed by atoms with van der Waals surface area (Å²) in [4.78, 5) is 18.6. The predicted molar refractivity (Wildman–Crippen MR) is 380 cm³/mol. The van der Waals surface area contributed by atoms with Crippen LogP contribution in [0, 0.1) is 27.7 Å². The van der Waals surface area contributed by atoms with Gasteiger partial charge in [-0.1, -0.05) is 204 Å². The normalized spacial score (nSPS) is 10.3. The summed E-state index contributed by atoms with van der Waals surface area (Å²) >= 11 is 7.05. The third-order valence-electron chi connectivity index (χ3n) is 12.1. The summed E-state index contributed by atoms with van der Waals surface area (Å²) in [5, 5.41) is 13.1. The Morgan fingerprint density at radius 3 is 1.07 bits per heavy atom. The monoisotopic (exact) mass is 1180 g/mol. The highest BCUT2D eigenvalue weighted by molar-refractivity contribution is 7.99. The smallest absolute Gasteiger partial charge is 0.238 e. The molecular formula is C72H92N6OS4. The number of thioether (sulfide) groups is 4. The van der Waals surface area contributed by atoms with Gasteiger partial charge in [0.15, 0.2) is 0 Å². The molecule has 0 heterocycles. The summed E-state index contributed by atoms with van der Waals surface area (Å²) in [6, 6.07) is 70.8. The van der Waals surface area contributed by atoms with Gasteiger partial charge in [-0.25, -0.2) is 0 Å². The van der Waals surface area contributed by atoms with E-state index in [9.17, 15) is 4.79 Å². The number of benzene rings is 8. The van der Waals surface area contributed by atoms with E-state index in [1.807, 2.05) is 117 Å². The van der Waals surface area contributed by atoms with Crippen molar-refractivity contribution >= 4 is 100 Å². The van der Waals surface area contributed by atoms with Gasteiger partial charge in [0.25, 0.3) is 0 Å². The van der Waals surface area contributed by atoms with Gasteiger partial charge >= 0.3 is 0 Å². The van der Waals surface area contributed by atoms with Gasteiger partial charge in [-0.3, -0.25) is 4.79 Å². The molecule has 0 aliphatic heterocycles. The Morgan fingerprint density at radius 2 is 0.735 bits per heavy atom. The molecule has 4 N–H and O–H groups in total. The number of hydrogen-bond donors (Lipinski definition) is 4. The molecule has 0 bridgehead atoms. The fourth-order valence-electron chi connectivity index (χ4n) is 7.32. The summed E-state index contributed by atoms with van der Waals surface area (Å²) < 4.78 is 0. The highest BCUT2D eigenvalue weighted by Gasteiger charge is 2.08. The summed E-state index contributed by atoms with van der Waals surface area (Å²) in [6.07, 6.45) is 16.9. The van der Waals surface area contributed by atoms with Gasteiger partial charge in [-0.05, 0) is 124 Å². The third kappa shape index (κ3) is 32.8. The summed E-state index contributed by atoms with van der Waals surface area (Å²) in [5.74, 6) is 2.15. The summed E-state index contributed by atoms with van der Waals surface area (Å²) in [5.41, 5.74) is 14.5. The molecule has 11 heteroatoms. The molecule has 0 aromatic heterocycles. The lowest BCUT2D eigenvalue weighted by molar-refractivity contribution is -0.115. The van der Waals surface area contributed by atoms with Gasteiger partial charge in [0.05, 0.1) is 12.2 Å². The first-order valence-corrected chi connectivity index (χ1v) is 33.3. The zero-order valence-corrected chi connectivity index (χ0v) is 54.6. The lowest BCUT2D eigenvalue weighted by Gasteiger charge is -2.12. The minimum Gasteiger partial charge on any atom is -0.383 e. The number of carbonyl (C=O) groups is 1. The van der Waals surface area contributed by atoms with Crippen LogP contribution in [0.4, 0.5) is 22.7 Å². The lowest BCUT2D eigenvalue weighted by atomic mass is 10.1. The molecule has 0 saturated carbocycles. The number of carbonyl (C=O) groups excluding carboxylic acids is 1. The molecule has 7 nitrogen and oxygen atoms in total. The van der Waals surface area contributed by atoms with Crippen LogP contribution in [0.3, 0.4) is 0 Å². The van der Waals surface area contributed by atoms with Crippen molar-refractivity contribution in [2.75, 3.05) is 118 Å². The second-order valence-corrected chi connectivity index (χ2v) is 23.2. The number of nitrogens with zero attached hydrogens (tertiary/aromatic N) is 2. The van der Waals surface area contributed by atoms with Crippen LogP contribution in [0.2, 0.25) is 0 Å². The fraction of sp³-hybridized carbons (Fsp3) is 0.264. The largest absolute Gasteiger partial charge is 0.383 e. The molecule has 1 amide bonds. The van der Waals surface area contributed by atoms with Crippen LogP contribution < -0.4 is 31.1 Å². The second-order valence-electron chi connectivity index (χ2n) is 19.6. The van der Waals surface area contributed by atoms with E-state index in [1.54, 1.807) is 35.3 Å². The van der Waals surface area contributed by atoms with Crippen LogP contribution in [0.15, 0.2) is 216 Å². The molecular weight excluding hydrogens is 1090 g/mol. The topological polar surface area (TPSA) is 71.7 Å². The number of aryl methyl sites for hydroxylation is 4. The molecule has 8 rings (SSSR count). The maximum absolute atomic E-state index is 12.1. The average Bonchev–Trinajstić information content (AvgIpc) is 3.56. The molecule has 0 fully saturated rings. The minimum absolute atomic E-state index is 0.0133. The Morgan fingerprint density at radius 1 is 0.398 bits per heavy atom. The van der Waals surface area contributed by atoms with E-state index >= 15 is 0 Å². The van der Waals surface area contributed by atoms with Crippen LogP contribution in [0.1, 0.15) is 44.5 Å². The molecule has 0 saturated heterocycles. The first-order chi connectivity index (χ1) is 40.2. The zero-order chi connectivity index (χ0) is 60.3. The van der Waals surface area contributed by atoms with Crippen molar-refractivity contribution in [2.45, 2.75) is 37.5 Å². The summed E-state index contributed by atoms with van der Waals surface area (Å²) in [6.45, 7) is 12.5. The lowest BCUT2D eigenvalue weighted by Crippen LogP contribution is -2.29.